The Morgan fingerprint density at radius 2 is 1.81 bits per heavy atom. The second-order valence-corrected chi connectivity index (χ2v) is 8.41. The van der Waals surface area contributed by atoms with Gasteiger partial charge in [0.2, 0.25) is 7.37 Å². The zero-order valence-electron chi connectivity index (χ0n) is 15.2. The van der Waals surface area contributed by atoms with Gasteiger partial charge in [0.05, 0.1) is 18.9 Å². The normalized spacial score (nSPS) is 15.1. The maximum absolute atomic E-state index is 12.6. The van der Waals surface area contributed by atoms with Crippen LogP contribution in [0.2, 0.25) is 0 Å². The number of amides is 1. The second-order valence-electron chi connectivity index (χ2n) is 5.91. The van der Waals surface area contributed by atoms with Crippen LogP contribution in [0.15, 0.2) is 30.3 Å². The number of benzene rings is 1. The Hall–Kier alpha value is -2.38. The highest BCUT2D eigenvalue weighted by Gasteiger charge is 2.37. The average molecular weight is 401 g/mol. The van der Waals surface area contributed by atoms with Gasteiger partial charge in [-0.3, -0.25) is 14.2 Å². The van der Waals surface area contributed by atoms with Crippen molar-refractivity contribution < 1.29 is 38.4 Å². The predicted molar refractivity (Wildman–Crippen MR) is 96.3 cm³/mol. The smallest absolute Gasteiger partial charge is 0.408 e. The average Bonchev–Trinajstić information content (AvgIpc) is 2.59. The first-order valence-electron chi connectivity index (χ1n) is 8.32. The maximum atomic E-state index is 12.6. The summed E-state index contributed by atoms with van der Waals surface area (Å²) >= 11 is 0. The molecule has 3 atom stereocenters. The van der Waals surface area contributed by atoms with E-state index in [0.717, 1.165) is 0 Å². The Morgan fingerprint density at radius 3 is 2.37 bits per heavy atom. The van der Waals surface area contributed by atoms with Crippen molar-refractivity contribution in [1.29, 1.82) is 0 Å². The van der Waals surface area contributed by atoms with E-state index in [1.54, 1.807) is 37.3 Å². The number of hydrogen-bond donors (Lipinski definition) is 3. The van der Waals surface area contributed by atoms with Gasteiger partial charge in [-0.05, 0) is 12.5 Å². The molecule has 0 aliphatic carbocycles. The molecule has 0 aliphatic rings. The van der Waals surface area contributed by atoms with Crippen molar-refractivity contribution in [2.45, 2.75) is 32.7 Å². The van der Waals surface area contributed by atoms with E-state index in [4.69, 9.17) is 14.6 Å². The van der Waals surface area contributed by atoms with E-state index in [2.05, 4.69) is 5.32 Å². The van der Waals surface area contributed by atoms with Gasteiger partial charge in [-0.2, -0.15) is 0 Å². The third-order valence-corrected chi connectivity index (χ3v) is 5.93. The second kappa shape index (κ2) is 10.7. The van der Waals surface area contributed by atoms with Gasteiger partial charge < -0.3 is 24.8 Å². The number of carbonyl (C=O) groups excluding carboxylic acids is 2. The highest BCUT2D eigenvalue weighted by atomic mass is 31.2. The fourth-order valence-electron chi connectivity index (χ4n) is 2.24. The molecular formula is C17H24NO8P. The van der Waals surface area contributed by atoms with Gasteiger partial charge >= 0.3 is 18.0 Å². The number of esters is 1. The molecule has 0 saturated heterocycles. The van der Waals surface area contributed by atoms with E-state index in [0.29, 0.717) is 5.56 Å². The van der Waals surface area contributed by atoms with Crippen molar-refractivity contribution in [2.24, 2.45) is 5.92 Å². The summed E-state index contributed by atoms with van der Waals surface area (Å²) in [7, 11) is -4.23. The molecule has 0 heterocycles. The third-order valence-electron chi connectivity index (χ3n) is 3.58. The standard InChI is InChI=1S/C17H24NO8P/c1-3-25-16(21)12(2)11-27(23,24)14(9-15(19)20)18-17(22)26-10-13-7-5-4-6-8-13/h4-8,12,14H,3,9-11H2,1-2H3,(H,18,22)(H,19,20)(H,23,24). The van der Waals surface area contributed by atoms with Crippen LogP contribution in [0.25, 0.3) is 0 Å². The summed E-state index contributed by atoms with van der Waals surface area (Å²) in [4.78, 5) is 44.9. The molecule has 0 spiro atoms. The van der Waals surface area contributed by atoms with Crippen molar-refractivity contribution in [3.63, 3.8) is 0 Å². The van der Waals surface area contributed by atoms with Gasteiger partial charge in [0.25, 0.3) is 0 Å². The summed E-state index contributed by atoms with van der Waals surface area (Å²) in [6.45, 7) is 3.02. The number of carboxylic acid groups (broad SMARTS) is 1. The fourth-order valence-corrected chi connectivity index (χ4v) is 4.18. The summed E-state index contributed by atoms with van der Waals surface area (Å²) in [5, 5.41) is 11.1. The van der Waals surface area contributed by atoms with Crippen molar-refractivity contribution in [2.75, 3.05) is 12.8 Å². The summed E-state index contributed by atoms with van der Waals surface area (Å²) < 4.78 is 22.3. The lowest BCUT2D eigenvalue weighted by atomic mass is 10.2. The Kier molecular flexibility index (Phi) is 8.97. The number of carbonyl (C=O) groups is 3. The van der Waals surface area contributed by atoms with E-state index >= 15 is 0 Å². The van der Waals surface area contributed by atoms with Crippen LogP contribution < -0.4 is 5.32 Å². The molecule has 150 valence electrons. The Balaban J connectivity index is 2.74. The molecule has 1 amide bonds. The molecular weight excluding hydrogens is 377 g/mol. The molecule has 10 heteroatoms. The van der Waals surface area contributed by atoms with Crippen LogP contribution >= 0.6 is 7.37 Å². The molecule has 9 nitrogen and oxygen atoms in total. The van der Waals surface area contributed by atoms with Gasteiger partial charge in [0, 0.05) is 6.16 Å². The Labute approximate surface area is 157 Å². The summed E-state index contributed by atoms with van der Waals surface area (Å²) in [5.74, 6) is -4.57. The zero-order chi connectivity index (χ0) is 20.4. The molecule has 27 heavy (non-hydrogen) atoms. The number of ether oxygens (including phenoxy) is 2. The molecule has 1 aromatic rings. The molecule has 0 saturated carbocycles. The first kappa shape index (κ1) is 22.7. The van der Waals surface area contributed by atoms with Gasteiger partial charge in [-0.1, -0.05) is 37.3 Å². The minimum absolute atomic E-state index is 0.0819. The quantitative estimate of drug-likeness (QED) is 0.400. The van der Waals surface area contributed by atoms with Crippen molar-refractivity contribution in [3.05, 3.63) is 35.9 Å². The number of alkyl carbamates (subject to hydrolysis) is 1. The van der Waals surface area contributed by atoms with Gasteiger partial charge in [-0.25, -0.2) is 4.79 Å². The maximum Gasteiger partial charge on any atom is 0.408 e. The molecule has 3 N–H and O–H groups in total. The molecule has 0 radical (unpaired) electrons. The highest BCUT2D eigenvalue weighted by molar-refractivity contribution is 7.58. The lowest BCUT2D eigenvalue weighted by Crippen LogP contribution is -2.38. The van der Waals surface area contributed by atoms with Gasteiger partial charge in [-0.15, -0.1) is 0 Å². The monoisotopic (exact) mass is 401 g/mol. The van der Waals surface area contributed by atoms with Crippen molar-refractivity contribution in [3.8, 4) is 0 Å². The number of nitrogens with one attached hydrogen (secondary N) is 1. The first-order chi connectivity index (χ1) is 12.7. The number of rotatable bonds is 10. The predicted octanol–water partition coefficient (Wildman–Crippen LogP) is 2.18. The van der Waals surface area contributed by atoms with Crippen LogP contribution in [0.5, 0.6) is 0 Å². The third kappa shape index (κ3) is 8.23. The largest absolute Gasteiger partial charge is 0.481 e. The highest BCUT2D eigenvalue weighted by Crippen LogP contribution is 2.48. The molecule has 0 aliphatic heterocycles. The van der Waals surface area contributed by atoms with E-state index in [1.807, 2.05) is 0 Å². The molecule has 1 aromatic carbocycles. The van der Waals surface area contributed by atoms with Gasteiger partial charge in [0.15, 0.2) is 0 Å². The van der Waals surface area contributed by atoms with Crippen LogP contribution in [0.4, 0.5) is 4.79 Å². The fraction of sp³-hybridized carbons (Fsp3) is 0.471. The number of aliphatic carboxylic acids is 1. The summed E-state index contributed by atoms with van der Waals surface area (Å²) in [5.41, 5.74) is 0.700. The van der Waals surface area contributed by atoms with Gasteiger partial charge in [0.1, 0.15) is 12.4 Å². The topological polar surface area (TPSA) is 139 Å². The molecule has 0 fully saturated rings. The molecule has 1 rings (SSSR count). The minimum atomic E-state index is -4.23. The van der Waals surface area contributed by atoms with Crippen LogP contribution in [-0.2, 0) is 30.2 Å². The van der Waals surface area contributed by atoms with Crippen molar-refractivity contribution in [1.82, 2.24) is 5.32 Å². The Morgan fingerprint density at radius 1 is 1.19 bits per heavy atom. The SMILES string of the molecule is CCOC(=O)C(C)CP(=O)(O)C(CC(=O)O)NC(=O)OCc1ccccc1. The van der Waals surface area contributed by atoms with E-state index < -0.39 is 49.7 Å². The summed E-state index contributed by atoms with van der Waals surface area (Å²) in [6.07, 6.45) is -2.34. The molecule has 3 unspecified atom stereocenters. The Bertz CT molecular complexity index is 693. The lowest BCUT2D eigenvalue weighted by molar-refractivity contribution is -0.146. The zero-order valence-corrected chi connectivity index (χ0v) is 16.1. The van der Waals surface area contributed by atoms with E-state index in [-0.39, 0.29) is 13.2 Å². The summed E-state index contributed by atoms with van der Waals surface area (Å²) in [6, 6.07) is 8.74. The van der Waals surface area contributed by atoms with Crippen LogP contribution in [0.3, 0.4) is 0 Å². The van der Waals surface area contributed by atoms with Crippen LogP contribution in [0.1, 0.15) is 25.8 Å². The number of carboxylic acids is 1. The van der Waals surface area contributed by atoms with Crippen LogP contribution in [0, 0.1) is 5.92 Å². The molecule has 0 aromatic heterocycles. The van der Waals surface area contributed by atoms with E-state index in [1.165, 1.54) is 6.92 Å². The lowest BCUT2D eigenvalue weighted by Gasteiger charge is -2.24. The molecule has 0 bridgehead atoms. The van der Waals surface area contributed by atoms with Crippen LogP contribution in [-0.4, -0.2) is 46.6 Å². The number of hydrogen-bond acceptors (Lipinski definition) is 6. The van der Waals surface area contributed by atoms with E-state index in [9.17, 15) is 23.8 Å². The first-order valence-corrected chi connectivity index (χ1v) is 10.2. The minimum Gasteiger partial charge on any atom is -0.481 e. The van der Waals surface area contributed by atoms with Crippen molar-refractivity contribution >= 4 is 25.4 Å².